The Morgan fingerprint density at radius 3 is 2.59 bits per heavy atom. The Kier molecular flexibility index (Phi) is 7.46. The smallest absolute Gasteiger partial charge is 0.239 e. The van der Waals surface area contributed by atoms with Crippen molar-refractivity contribution in [3.05, 3.63) is 59.1 Å². The number of amides is 1. The maximum Gasteiger partial charge on any atom is 0.239 e. The number of rotatable bonds is 9. The van der Waals surface area contributed by atoms with Crippen LogP contribution in [0.15, 0.2) is 30.2 Å². The van der Waals surface area contributed by atoms with E-state index in [0.29, 0.717) is 6.07 Å². The molecular weight excluding hydrogens is 394 g/mol. The maximum atomic E-state index is 13.9. The number of anilines is 2. The lowest BCUT2D eigenvalue weighted by molar-refractivity contribution is -0.119. The molecule has 0 aliphatic heterocycles. The van der Waals surface area contributed by atoms with Gasteiger partial charge in [-0.2, -0.15) is 4.98 Å². The molecule has 0 atom stereocenters. The largest absolute Gasteiger partial charge is 0.380 e. The Balaban J connectivity index is 2.11. The van der Waals surface area contributed by atoms with E-state index >= 15 is 0 Å². The highest BCUT2D eigenvalue weighted by Crippen LogP contribution is 2.19. The molecule has 0 fully saturated rings. The molecule has 154 valence electrons. The first kappa shape index (κ1) is 21.6. The van der Waals surface area contributed by atoms with E-state index in [9.17, 15) is 22.4 Å². The van der Waals surface area contributed by atoms with Crippen LogP contribution in [0.4, 0.5) is 29.3 Å². The van der Waals surface area contributed by atoms with Crippen molar-refractivity contribution >= 4 is 23.9 Å². The van der Waals surface area contributed by atoms with E-state index in [1.165, 1.54) is 13.2 Å². The summed E-state index contributed by atoms with van der Waals surface area (Å²) in [4.78, 5) is 18.7. The molecule has 1 heterocycles. The predicted molar refractivity (Wildman–Crippen MR) is 98.2 cm³/mol. The van der Waals surface area contributed by atoms with Crippen LogP contribution in [0.5, 0.6) is 0 Å². The van der Waals surface area contributed by atoms with Gasteiger partial charge in [-0.05, 0) is 12.1 Å². The first-order valence-corrected chi connectivity index (χ1v) is 8.16. The van der Waals surface area contributed by atoms with E-state index in [1.54, 1.807) is 0 Å². The number of halogens is 4. The van der Waals surface area contributed by atoms with Gasteiger partial charge in [0.1, 0.15) is 5.82 Å². The molecule has 1 aromatic heterocycles. The number of hydrogen-bond donors (Lipinski definition) is 5. The molecule has 0 spiro atoms. The molecule has 5 N–H and O–H groups in total. The van der Waals surface area contributed by atoms with Crippen LogP contribution in [0.3, 0.4) is 0 Å². The highest BCUT2D eigenvalue weighted by molar-refractivity contribution is 5.80. The van der Waals surface area contributed by atoms with Crippen molar-refractivity contribution < 1.29 is 22.4 Å². The fraction of sp³-hybridized carbons (Fsp3) is 0.176. The number of carbonyl (C=O) groups excluding carboxylic acids is 1. The minimum Gasteiger partial charge on any atom is -0.380 e. The van der Waals surface area contributed by atoms with Crippen molar-refractivity contribution in [2.75, 3.05) is 24.2 Å². The second-order valence-corrected chi connectivity index (χ2v) is 5.49. The topological polar surface area (TPSA) is 115 Å². The van der Waals surface area contributed by atoms with Gasteiger partial charge in [0.05, 0.1) is 18.4 Å². The van der Waals surface area contributed by atoms with Crippen LogP contribution in [-0.4, -0.2) is 35.7 Å². The number of allylic oxidation sites excluding steroid dienone is 1. The lowest BCUT2D eigenvalue weighted by atomic mass is 10.2. The standard InChI is InChI=1S/C17H17F4N7O/c1-23-14(29)8-24-5-9(4-22)27-17-26-7-13(20)16(28-17)25-6-10-11(18)2-3-12(19)15(10)21/h2-5,7,22,24H,6,8H2,1H3,(H,23,29)(H2,25,26,27,28)/b9-5+,22-4?. The fourth-order valence-corrected chi connectivity index (χ4v) is 2.04. The quantitative estimate of drug-likeness (QED) is 0.245. The summed E-state index contributed by atoms with van der Waals surface area (Å²) < 4.78 is 54.5. The molecule has 2 rings (SSSR count). The molecule has 0 aliphatic carbocycles. The number of hydrogen-bond acceptors (Lipinski definition) is 7. The van der Waals surface area contributed by atoms with Crippen molar-refractivity contribution in [1.82, 2.24) is 20.6 Å². The zero-order valence-electron chi connectivity index (χ0n) is 15.1. The summed E-state index contributed by atoms with van der Waals surface area (Å²) in [6, 6.07) is 1.40. The third kappa shape index (κ3) is 5.89. The van der Waals surface area contributed by atoms with E-state index in [-0.39, 0.29) is 24.1 Å². The zero-order valence-corrected chi connectivity index (χ0v) is 15.1. The lowest BCUT2D eigenvalue weighted by Crippen LogP contribution is -2.29. The van der Waals surface area contributed by atoms with Gasteiger partial charge >= 0.3 is 0 Å². The van der Waals surface area contributed by atoms with E-state index in [0.717, 1.165) is 18.5 Å². The van der Waals surface area contributed by atoms with E-state index in [1.807, 2.05) is 0 Å². The lowest BCUT2D eigenvalue weighted by Gasteiger charge is -2.11. The fourth-order valence-electron chi connectivity index (χ4n) is 2.04. The van der Waals surface area contributed by atoms with Gasteiger partial charge in [-0.15, -0.1) is 0 Å². The van der Waals surface area contributed by atoms with Gasteiger partial charge in [0.2, 0.25) is 11.9 Å². The molecule has 2 aromatic rings. The van der Waals surface area contributed by atoms with Crippen molar-refractivity contribution in [2.24, 2.45) is 0 Å². The van der Waals surface area contributed by atoms with Gasteiger partial charge in [0, 0.05) is 31.6 Å². The molecule has 0 unspecified atom stereocenters. The van der Waals surface area contributed by atoms with Gasteiger partial charge in [0.25, 0.3) is 0 Å². The molecular formula is C17H17F4N7O. The first-order chi connectivity index (χ1) is 13.8. The minimum absolute atomic E-state index is 0.0443. The minimum atomic E-state index is -1.39. The summed E-state index contributed by atoms with van der Waals surface area (Å²) in [6.45, 7) is -0.610. The summed E-state index contributed by atoms with van der Waals surface area (Å²) in [7, 11) is 1.46. The van der Waals surface area contributed by atoms with Crippen molar-refractivity contribution in [3.63, 3.8) is 0 Å². The Morgan fingerprint density at radius 2 is 1.90 bits per heavy atom. The zero-order chi connectivity index (χ0) is 21.4. The Morgan fingerprint density at radius 1 is 1.17 bits per heavy atom. The Bertz CT molecular complexity index is 936. The summed E-state index contributed by atoms with van der Waals surface area (Å²) in [5.74, 6) is -5.35. The van der Waals surface area contributed by atoms with Gasteiger partial charge in [-0.1, -0.05) is 0 Å². The molecule has 0 saturated carbocycles. The third-order valence-corrected chi connectivity index (χ3v) is 3.53. The van der Waals surface area contributed by atoms with Crippen molar-refractivity contribution in [1.29, 1.82) is 5.41 Å². The van der Waals surface area contributed by atoms with Crippen LogP contribution in [0.1, 0.15) is 5.56 Å². The van der Waals surface area contributed by atoms with Crippen LogP contribution in [0, 0.1) is 28.7 Å². The van der Waals surface area contributed by atoms with Crippen LogP contribution in [0.25, 0.3) is 0 Å². The summed E-state index contributed by atoms with van der Waals surface area (Å²) in [6.07, 6.45) is 3.00. The monoisotopic (exact) mass is 411 g/mol. The van der Waals surface area contributed by atoms with Gasteiger partial charge < -0.3 is 26.7 Å². The highest BCUT2D eigenvalue weighted by atomic mass is 19.2. The van der Waals surface area contributed by atoms with Crippen LogP contribution >= 0.6 is 0 Å². The Labute approximate surface area is 163 Å². The number of likely N-dealkylation sites (N-methyl/N-ethyl adjacent to an activating group) is 1. The van der Waals surface area contributed by atoms with Crippen LogP contribution in [-0.2, 0) is 11.3 Å². The van der Waals surface area contributed by atoms with Gasteiger partial charge in [0.15, 0.2) is 23.3 Å². The molecule has 8 nitrogen and oxygen atoms in total. The second kappa shape index (κ2) is 10.0. The third-order valence-electron chi connectivity index (χ3n) is 3.53. The molecule has 0 saturated heterocycles. The number of carbonyl (C=O) groups is 1. The van der Waals surface area contributed by atoms with Gasteiger partial charge in [-0.25, -0.2) is 22.5 Å². The first-order valence-electron chi connectivity index (χ1n) is 8.16. The van der Waals surface area contributed by atoms with Gasteiger partial charge in [-0.3, -0.25) is 4.79 Å². The van der Waals surface area contributed by atoms with E-state index in [2.05, 4.69) is 31.2 Å². The van der Waals surface area contributed by atoms with Crippen molar-refractivity contribution in [3.8, 4) is 0 Å². The number of aromatic nitrogens is 2. The molecule has 12 heteroatoms. The second-order valence-electron chi connectivity index (χ2n) is 5.49. The highest BCUT2D eigenvalue weighted by Gasteiger charge is 2.15. The summed E-state index contributed by atoms with van der Waals surface area (Å²) in [5.41, 5.74) is -0.468. The SMILES string of the molecule is CNC(=O)CN/C=C(\C=N)Nc1ncc(F)c(NCc2c(F)ccc(F)c2F)n1. The molecule has 1 amide bonds. The number of nitrogens with one attached hydrogen (secondary N) is 5. The maximum absolute atomic E-state index is 13.9. The number of nitrogens with zero attached hydrogens (tertiary/aromatic N) is 2. The molecule has 29 heavy (non-hydrogen) atoms. The normalized spacial score (nSPS) is 11.0. The molecule has 0 radical (unpaired) electrons. The van der Waals surface area contributed by atoms with E-state index < -0.39 is 41.2 Å². The van der Waals surface area contributed by atoms with Crippen molar-refractivity contribution in [2.45, 2.75) is 6.54 Å². The number of benzene rings is 1. The Hall–Kier alpha value is -3.70. The van der Waals surface area contributed by atoms with E-state index in [4.69, 9.17) is 5.41 Å². The molecule has 0 aliphatic rings. The molecule has 0 bridgehead atoms. The van der Waals surface area contributed by atoms with Crippen LogP contribution < -0.4 is 21.3 Å². The summed E-state index contributed by atoms with van der Waals surface area (Å²) in [5, 5.41) is 17.4. The van der Waals surface area contributed by atoms with Crippen LogP contribution in [0.2, 0.25) is 0 Å². The summed E-state index contributed by atoms with van der Waals surface area (Å²) >= 11 is 0. The molecule has 1 aromatic carbocycles. The average Bonchev–Trinajstić information content (AvgIpc) is 2.71. The average molecular weight is 411 g/mol. The predicted octanol–water partition coefficient (Wildman–Crippen LogP) is 1.88.